The van der Waals surface area contributed by atoms with Gasteiger partial charge >= 0.3 is 6.09 Å². The van der Waals surface area contributed by atoms with Crippen LogP contribution in [0.2, 0.25) is 0 Å². The fourth-order valence-electron chi connectivity index (χ4n) is 4.47. The normalized spacial score (nSPS) is 14.6. The number of hydrogen-bond donors (Lipinski definition) is 2. The van der Waals surface area contributed by atoms with Gasteiger partial charge < -0.3 is 15.0 Å². The summed E-state index contributed by atoms with van der Waals surface area (Å²) in [7, 11) is -3.80. The van der Waals surface area contributed by atoms with Crippen LogP contribution in [0.4, 0.5) is 10.5 Å². The molecule has 1 fully saturated rings. The molecular weight excluding hydrogens is 478 g/mol. The third-order valence-electron chi connectivity index (χ3n) is 6.51. The number of nitrogens with one attached hydrogen (secondary N) is 2. The number of hydrogen-bond acceptors (Lipinski definition) is 5. The molecule has 8 nitrogen and oxygen atoms in total. The first-order valence-electron chi connectivity index (χ1n) is 12.1. The van der Waals surface area contributed by atoms with Gasteiger partial charge in [0.2, 0.25) is 10.0 Å². The smallest absolute Gasteiger partial charge is 0.409 e. The maximum atomic E-state index is 13.3. The molecule has 4 rings (SSSR count). The molecule has 190 valence electrons. The van der Waals surface area contributed by atoms with Gasteiger partial charge in [-0.1, -0.05) is 42.5 Å². The van der Waals surface area contributed by atoms with Crippen molar-refractivity contribution in [2.24, 2.45) is 5.92 Å². The van der Waals surface area contributed by atoms with Crippen LogP contribution in [-0.4, -0.2) is 51.6 Å². The number of carbonyl (C=O) groups is 2. The molecule has 0 spiro atoms. The maximum Gasteiger partial charge on any atom is 0.409 e. The second-order valence-corrected chi connectivity index (χ2v) is 10.6. The van der Waals surface area contributed by atoms with E-state index in [4.69, 9.17) is 4.74 Å². The number of piperidine rings is 1. The van der Waals surface area contributed by atoms with Crippen LogP contribution in [0.1, 0.15) is 35.7 Å². The Kier molecular flexibility index (Phi) is 7.91. The SMILES string of the molecule is CCOC(=O)N1CCC(CNS(=O)(=O)c2ccc(NC(=O)c3ccccc3C)c3ccccc23)CC1. The second kappa shape index (κ2) is 11.1. The quantitative estimate of drug-likeness (QED) is 0.486. The molecule has 3 aromatic carbocycles. The number of nitrogens with zero attached hydrogens (tertiary/aromatic N) is 1. The van der Waals surface area contributed by atoms with Gasteiger partial charge in [-0.15, -0.1) is 0 Å². The van der Waals surface area contributed by atoms with E-state index < -0.39 is 10.0 Å². The van der Waals surface area contributed by atoms with Crippen molar-refractivity contribution >= 4 is 38.5 Å². The zero-order valence-corrected chi connectivity index (χ0v) is 21.3. The van der Waals surface area contributed by atoms with Gasteiger partial charge in [0.1, 0.15) is 0 Å². The van der Waals surface area contributed by atoms with E-state index in [1.807, 2.05) is 31.2 Å². The molecular formula is C27H31N3O5S. The highest BCUT2D eigenvalue weighted by Gasteiger charge is 2.26. The molecule has 0 unspecified atom stereocenters. The highest BCUT2D eigenvalue weighted by Crippen LogP contribution is 2.30. The second-order valence-electron chi connectivity index (χ2n) is 8.91. The number of rotatable bonds is 7. The standard InChI is InChI=1S/C27H31N3O5S/c1-3-35-27(32)30-16-14-20(15-17-30)18-28-36(33,34)25-13-12-24(22-10-6-7-11-23(22)25)29-26(31)21-9-5-4-8-19(21)2/h4-13,20,28H,3,14-18H2,1-2H3,(H,29,31). The molecule has 36 heavy (non-hydrogen) atoms. The van der Waals surface area contributed by atoms with E-state index in [0.29, 0.717) is 61.1 Å². The monoisotopic (exact) mass is 509 g/mol. The van der Waals surface area contributed by atoms with Crippen molar-refractivity contribution in [3.05, 3.63) is 71.8 Å². The number of anilines is 1. The van der Waals surface area contributed by atoms with Crippen LogP contribution in [0, 0.1) is 12.8 Å². The summed E-state index contributed by atoms with van der Waals surface area (Å²) < 4.78 is 34.3. The third-order valence-corrected chi connectivity index (χ3v) is 8.00. The van der Waals surface area contributed by atoms with Crippen molar-refractivity contribution < 1.29 is 22.7 Å². The molecule has 2 amide bonds. The molecule has 1 saturated heterocycles. The van der Waals surface area contributed by atoms with Gasteiger partial charge in [0.05, 0.1) is 11.5 Å². The van der Waals surface area contributed by atoms with Crippen LogP contribution in [-0.2, 0) is 14.8 Å². The number of fused-ring (bicyclic) bond motifs is 1. The van der Waals surface area contributed by atoms with Crippen LogP contribution < -0.4 is 10.0 Å². The summed E-state index contributed by atoms with van der Waals surface area (Å²) in [6, 6.07) is 17.6. The summed E-state index contributed by atoms with van der Waals surface area (Å²) >= 11 is 0. The maximum absolute atomic E-state index is 13.3. The predicted octanol–water partition coefficient (Wildman–Crippen LogP) is 4.55. The summed E-state index contributed by atoms with van der Waals surface area (Å²) in [5.41, 5.74) is 1.97. The summed E-state index contributed by atoms with van der Waals surface area (Å²) in [5.74, 6) is -0.120. The Labute approximate surface area is 211 Å². The van der Waals surface area contributed by atoms with Gasteiger partial charge in [-0.25, -0.2) is 17.9 Å². The minimum Gasteiger partial charge on any atom is -0.450 e. The zero-order valence-electron chi connectivity index (χ0n) is 20.5. The number of sulfonamides is 1. The third kappa shape index (κ3) is 5.68. The van der Waals surface area contributed by atoms with Crippen LogP contribution in [0.15, 0.2) is 65.6 Å². The molecule has 0 bridgehead atoms. The number of aryl methyl sites for hydroxylation is 1. The van der Waals surface area contributed by atoms with Crippen LogP contribution in [0.5, 0.6) is 0 Å². The minimum atomic E-state index is -3.80. The van der Waals surface area contributed by atoms with Crippen LogP contribution in [0.25, 0.3) is 10.8 Å². The van der Waals surface area contributed by atoms with E-state index in [1.165, 1.54) is 6.07 Å². The van der Waals surface area contributed by atoms with Gasteiger partial charge in [-0.3, -0.25) is 4.79 Å². The van der Waals surface area contributed by atoms with Crippen LogP contribution in [0.3, 0.4) is 0 Å². The number of ether oxygens (including phenoxy) is 1. The number of likely N-dealkylation sites (tertiary alicyclic amines) is 1. The van der Waals surface area contributed by atoms with Gasteiger partial charge in [-0.2, -0.15) is 0 Å². The first-order chi connectivity index (χ1) is 17.3. The fourth-order valence-corrected chi connectivity index (χ4v) is 5.80. The topological polar surface area (TPSA) is 105 Å². The molecule has 1 aliphatic rings. The average Bonchev–Trinajstić information content (AvgIpc) is 2.88. The molecule has 3 aromatic rings. The van der Waals surface area contributed by atoms with Crippen molar-refractivity contribution in [1.82, 2.24) is 9.62 Å². The average molecular weight is 510 g/mol. The Balaban J connectivity index is 1.48. The molecule has 1 heterocycles. The molecule has 0 aromatic heterocycles. The summed E-state index contributed by atoms with van der Waals surface area (Å²) in [6.45, 7) is 5.36. The van der Waals surface area contributed by atoms with E-state index in [0.717, 1.165) is 5.56 Å². The van der Waals surface area contributed by atoms with E-state index >= 15 is 0 Å². The number of carbonyl (C=O) groups excluding carboxylic acids is 2. The Morgan fingerprint density at radius 2 is 1.64 bits per heavy atom. The molecule has 0 radical (unpaired) electrons. The summed E-state index contributed by atoms with van der Waals surface area (Å²) in [4.78, 5) is 26.6. The molecule has 9 heteroatoms. The van der Waals surface area contributed by atoms with Crippen molar-refractivity contribution in [1.29, 1.82) is 0 Å². The lowest BCUT2D eigenvalue weighted by atomic mass is 9.97. The summed E-state index contributed by atoms with van der Waals surface area (Å²) in [5, 5.41) is 4.11. The number of benzene rings is 3. The van der Waals surface area contributed by atoms with Crippen molar-refractivity contribution in [3.8, 4) is 0 Å². The lowest BCUT2D eigenvalue weighted by Crippen LogP contribution is -2.41. The molecule has 2 N–H and O–H groups in total. The Morgan fingerprint density at radius 3 is 2.33 bits per heavy atom. The van der Waals surface area contributed by atoms with E-state index in [-0.39, 0.29) is 22.8 Å². The van der Waals surface area contributed by atoms with Gasteiger partial charge in [-0.05, 0) is 56.4 Å². The molecule has 1 aliphatic heterocycles. The molecule has 0 saturated carbocycles. The minimum absolute atomic E-state index is 0.129. The first kappa shape index (κ1) is 25.7. The zero-order chi connectivity index (χ0) is 25.7. The van der Waals surface area contributed by atoms with Gasteiger partial charge in [0.15, 0.2) is 0 Å². The highest BCUT2D eigenvalue weighted by atomic mass is 32.2. The largest absolute Gasteiger partial charge is 0.450 e. The Morgan fingerprint density at radius 1 is 0.972 bits per heavy atom. The van der Waals surface area contributed by atoms with E-state index in [2.05, 4.69) is 10.0 Å². The fraction of sp³-hybridized carbons (Fsp3) is 0.333. The van der Waals surface area contributed by atoms with E-state index in [9.17, 15) is 18.0 Å². The Hall–Kier alpha value is -3.43. The van der Waals surface area contributed by atoms with Gasteiger partial charge in [0, 0.05) is 41.7 Å². The first-order valence-corrected chi connectivity index (χ1v) is 13.6. The predicted molar refractivity (Wildman–Crippen MR) is 140 cm³/mol. The van der Waals surface area contributed by atoms with Crippen molar-refractivity contribution in [2.45, 2.75) is 31.6 Å². The highest BCUT2D eigenvalue weighted by molar-refractivity contribution is 7.89. The summed E-state index contributed by atoms with van der Waals surface area (Å²) in [6.07, 6.45) is 1.08. The molecule has 0 atom stereocenters. The Bertz CT molecular complexity index is 1360. The number of amides is 2. The van der Waals surface area contributed by atoms with Crippen LogP contribution >= 0.6 is 0 Å². The lowest BCUT2D eigenvalue weighted by molar-refractivity contribution is 0.0921. The van der Waals surface area contributed by atoms with E-state index in [1.54, 1.807) is 42.2 Å². The lowest BCUT2D eigenvalue weighted by Gasteiger charge is -2.31. The van der Waals surface area contributed by atoms with Gasteiger partial charge in [0.25, 0.3) is 5.91 Å². The van der Waals surface area contributed by atoms with Crippen molar-refractivity contribution in [2.75, 3.05) is 31.6 Å². The van der Waals surface area contributed by atoms with Crippen molar-refractivity contribution in [3.63, 3.8) is 0 Å². The molecule has 0 aliphatic carbocycles.